The van der Waals surface area contributed by atoms with Gasteiger partial charge in [-0.05, 0) is 23.2 Å². The zero-order valence-corrected chi connectivity index (χ0v) is 15.8. The number of carbonyl (C=O) groups is 2. The summed E-state index contributed by atoms with van der Waals surface area (Å²) in [5, 5.41) is 9.36. The fourth-order valence-electron chi connectivity index (χ4n) is 3.19. The second kappa shape index (κ2) is 6.81. The number of hydrogen-bond acceptors (Lipinski definition) is 3. The van der Waals surface area contributed by atoms with Crippen LogP contribution in [0.2, 0.25) is 0 Å². The fourth-order valence-corrected chi connectivity index (χ4v) is 4.78. The summed E-state index contributed by atoms with van der Waals surface area (Å²) in [4.78, 5) is 25.9. The van der Waals surface area contributed by atoms with Gasteiger partial charge >= 0.3 is 5.97 Å². The Morgan fingerprint density at radius 1 is 1.23 bits per heavy atom. The summed E-state index contributed by atoms with van der Waals surface area (Å²) in [7, 11) is 0. The zero-order valence-electron chi connectivity index (χ0n) is 15.0. The number of carbonyl (C=O) groups excluding carboxylic acids is 1. The smallest absolute Gasteiger partial charge is 0.327 e. The van der Waals surface area contributed by atoms with Crippen LogP contribution in [0.25, 0.3) is 0 Å². The Labute approximate surface area is 139 Å². The molecule has 0 saturated carbocycles. The molecule has 0 aromatic carbocycles. The molecule has 128 valence electrons. The summed E-state index contributed by atoms with van der Waals surface area (Å²) < 4.78 is 0. The van der Waals surface area contributed by atoms with Crippen LogP contribution in [0.1, 0.15) is 61.3 Å². The molecule has 0 aromatic heterocycles. The molecule has 5 heteroatoms. The summed E-state index contributed by atoms with van der Waals surface area (Å²) in [6.45, 7) is 14.8. The number of rotatable bonds is 4. The molecule has 22 heavy (non-hydrogen) atoms. The van der Waals surface area contributed by atoms with E-state index in [1.54, 1.807) is 16.7 Å². The summed E-state index contributed by atoms with van der Waals surface area (Å²) in [5.74, 6) is -0.172. The van der Waals surface area contributed by atoms with Gasteiger partial charge in [-0.15, -0.1) is 11.8 Å². The van der Waals surface area contributed by atoms with Gasteiger partial charge in [-0.2, -0.15) is 0 Å². The van der Waals surface area contributed by atoms with Gasteiger partial charge in [0.2, 0.25) is 5.91 Å². The Kier molecular flexibility index (Phi) is 5.99. The van der Waals surface area contributed by atoms with Crippen molar-refractivity contribution in [1.82, 2.24) is 4.90 Å². The van der Waals surface area contributed by atoms with Gasteiger partial charge < -0.3 is 10.0 Å². The average molecular weight is 330 g/mol. The van der Waals surface area contributed by atoms with Crippen LogP contribution in [0.4, 0.5) is 0 Å². The van der Waals surface area contributed by atoms with Gasteiger partial charge in [0.25, 0.3) is 0 Å². The molecule has 0 aliphatic carbocycles. The third kappa shape index (κ3) is 5.18. The summed E-state index contributed by atoms with van der Waals surface area (Å²) >= 11 is 1.59. The quantitative estimate of drug-likeness (QED) is 0.851. The lowest BCUT2D eigenvalue weighted by atomic mass is 9.84. The number of aliphatic carboxylic acids is 1. The maximum absolute atomic E-state index is 12.8. The van der Waals surface area contributed by atoms with Gasteiger partial charge in [0.1, 0.15) is 6.04 Å². The molecule has 1 aliphatic rings. The molecule has 0 aromatic rings. The highest BCUT2D eigenvalue weighted by atomic mass is 32.2. The molecule has 1 fully saturated rings. The molecule has 1 rings (SSSR count). The molecule has 1 N–H and O–H groups in total. The normalized spacial score (nSPS) is 24.4. The van der Waals surface area contributed by atoms with E-state index in [4.69, 9.17) is 0 Å². The molecule has 3 unspecified atom stereocenters. The first-order chi connectivity index (χ1) is 9.83. The minimum absolute atomic E-state index is 0.0194. The highest BCUT2D eigenvalue weighted by Crippen LogP contribution is 2.41. The van der Waals surface area contributed by atoms with E-state index < -0.39 is 12.0 Å². The summed E-state index contributed by atoms with van der Waals surface area (Å²) in [6, 6.07) is -0.691. The third-order valence-corrected chi connectivity index (χ3v) is 5.56. The van der Waals surface area contributed by atoms with Gasteiger partial charge in [-0.25, -0.2) is 4.79 Å². The topological polar surface area (TPSA) is 57.6 Å². The van der Waals surface area contributed by atoms with Crippen molar-refractivity contribution in [1.29, 1.82) is 0 Å². The Morgan fingerprint density at radius 3 is 2.18 bits per heavy atom. The number of thioether (sulfide) groups is 1. The molecule has 1 saturated heterocycles. The molecule has 0 bridgehead atoms. The lowest BCUT2D eigenvalue weighted by Crippen LogP contribution is -2.49. The maximum Gasteiger partial charge on any atom is 0.327 e. The number of nitrogens with zero attached hydrogens (tertiary/aromatic N) is 1. The van der Waals surface area contributed by atoms with E-state index in [1.807, 2.05) is 0 Å². The standard InChI is InChI=1S/C17H31NO3S/c1-11(9-16(2,3)4)8-13(19)18-12(14(20)21)10-22-15(18)17(5,6)7/h11-12,15H,8-10H2,1-7H3,(H,20,21). The van der Waals surface area contributed by atoms with E-state index in [-0.39, 0.29) is 28.0 Å². The van der Waals surface area contributed by atoms with Crippen molar-refractivity contribution in [3.63, 3.8) is 0 Å². The van der Waals surface area contributed by atoms with E-state index in [9.17, 15) is 14.7 Å². The van der Waals surface area contributed by atoms with Crippen molar-refractivity contribution in [2.24, 2.45) is 16.7 Å². The summed E-state index contributed by atoms with van der Waals surface area (Å²) in [5.41, 5.74) is 0.0485. The fraction of sp³-hybridized carbons (Fsp3) is 0.882. The van der Waals surface area contributed by atoms with Crippen LogP contribution in [-0.2, 0) is 9.59 Å². The molecule has 1 heterocycles. The number of hydrogen-bond donors (Lipinski definition) is 1. The first kappa shape index (κ1) is 19.3. The maximum atomic E-state index is 12.8. The highest BCUT2D eigenvalue weighted by molar-refractivity contribution is 8.00. The van der Waals surface area contributed by atoms with Crippen molar-refractivity contribution in [3.8, 4) is 0 Å². The van der Waals surface area contributed by atoms with Crippen LogP contribution in [0.5, 0.6) is 0 Å². The van der Waals surface area contributed by atoms with Gasteiger partial charge in [0, 0.05) is 12.2 Å². The SMILES string of the molecule is CC(CC(=O)N1C(C(=O)O)CSC1C(C)(C)C)CC(C)(C)C. The van der Waals surface area contributed by atoms with Gasteiger partial charge in [0.05, 0.1) is 5.37 Å². The van der Waals surface area contributed by atoms with Gasteiger partial charge in [0.15, 0.2) is 0 Å². The van der Waals surface area contributed by atoms with Crippen LogP contribution in [0, 0.1) is 16.7 Å². The number of carboxylic acid groups (broad SMARTS) is 1. The summed E-state index contributed by atoms with van der Waals surface area (Å²) in [6.07, 6.45) is 1.38. The molecule has 4 nitrogen and oxygen atoms in total. The first-order valence-electron chi connectivity index (χ1n) is 7.98. The van der Waals surface area contributed by atoms with Crippen molar-refractivity contribution < 1.29 is 14.7 Å². The Morgan fingerprint density at radius 2 is 1.77 bits per heavy atom. The van der Waals surface area contributed by atoms with Gasteiger partial charge in [-0.1, -0.05) is 48.5 Å². The Balaban J connectivity index is 2.87. The molecular weight excluding hydrogens is 298 g/mol. The molecular formula is C17H31NO3S. The lowest BCUT2D eigenvalue weighted by molar-refractivity contribution is -0.150. The second-order valence-electron chi connectivity index (χ2n) is 8.78. The molecule has 0 spiro atoms. The molecule has 1 aliphatic heterocycles. The lowest BCUT2D eigenvalue weighted by Gasteiger charge is -2.36. The number of carboxylic acids is 1. The van der Waals surface area contributed by atoms with E-state index in [2.05, 4.69) is 48.5 Å². The van der Waals surface area contributed by atoms with Crippen molar-refractivity contribution in [2.45, 2.75) is 72.7 Å². The minimum atomic E-state index is -0.893. The minimum Gasteiger partial charge on any atom is -0.480 e. The van der Waals surface area contributed by atoms with Crippen molar-refractivity contribution in [2.75, 3.05) is 5.75 Å². The van der Waals surface area contributed by atoms with E-state index in [0.717, 1.165) is 6.42 Å². The second-order valence-corrected chi connectivity index (χ2v) is 9.89. The molecule has 3 atom stereocenters. The largest absolute Gasteiger partial charge is 0.480 e. The van der Waals surface area contributed by atoms with E-state index >= 15 is 0 Å². The van der Waals surface area contributed by atoms with Crippen LogP contribution in [-0.4, -0.2) is 39.1 Å². The third-order valence-electron chi connectivity index (χ3n) is 3.80. The predicted octanol–water partition coefficient (Wildman–Crippen LogP) is 3.85. The van der Waals surface area contributed by atoms with E-state index in [0.29, 0.717) is 12.2 Å². The average Bonchev–Trinajstić information content (AvgIpc) is 2.69. The zero-order chi connectivity index (χ0) is 17.3. The number of amides is 1. The monoisotopic (exact) mass is 329 g/mol. The van der Waals surface area contributed by atoms with Crippen molar-refractivity contribution in [3.05, 3.63) is 0 Å². The van der Waals surface area contributed by atoms with Crippen LogP contribution in [0.15, 0.2) is 0 Å². The van der Waals surface area contributed by atoms with E-state index in [1.165, 1.54) is 0 Å². The predicted molar refractivity (Wildman–Crippen MR) is 91.8 cm³/mol. The first-order valence-corrected chi connectivity index (χ1v) is 9.03. The van der Waals surface area contributed by atoms with Crippen LogP contribution >= 0.6 is 11.8 Å². The Bertz CT molecular complexity index is 423. The van der Waals surface area contributed by atoms with Crippen LogP contribution < -0.4 is 0 Å². The highest BCUT2D eigenvalue weighted by Gasteiger charge is 2.46. The van der Waals surface area contributed by atoms with Gasteiger partial charge in [-0.3, -0.25) is 4.79 Å². The molecule has 1 amide bonds. The van der Waals surface area contributed by atoms with Crippen LogP contribution in [0.3, 0.4) is 0 Å². The Hall–Kier alpha value is -0.710. The van der Waals surface area contributed by atoms with Crippen molar-refractivity contribution >= 4 is 23.6 Å². The molecule has 0 radical (unpaired) electrons.